The van der Waals surface area contributed by atoms with Crippen molar-refractivity contribution in [2.45, 2.75) is 12.2 Å². The number of hydrogen-bond donors (Lipinski definition) is 1. The van der Waals surface area contributed by atoms with Gasteiger partial charge in [0.1, 0.15) is 5.82 Å². The van der Waals surface area contributed by atoms with Crippen LogP contribution >= 0.6 is 23.4 Å². The van der Waals surface area contributed by atoms with Gasteiger partial charge in [0, 0.05) is 10.6 Å². The fourth-order valence-corrected chi connectivity index (χ4v) is 4.45. The third-order valence-corrected chi connectivity index (χ3v) is 5.67. The molecule has 0 spiro atoms. The predicted molar refractivity (Wildman–Crippen MR) is 103 cm³/mol. The van der Waals surface area contributed by atoms with Crippen LogP contribution in [0, 0.1) is 6.92 Å². The minimum absolute atomic E-state index is 0.00473. The molecule has 25 heavy (non-hydrogen) atoms. The maximum absolute atomic E-state index is 12.3. The molecule has 126 valence electrons. The first-order chi connectivity index (χ1) is 12.1. The van der Waals surface area contributed by atoms with Gasteiger partial charge >= 0.3 is 0 Å². The Bertz CT molecular complexity index is 939. The van der Waals surface area contributed by atoms with Gasteiger partial charge < -0.3 is 5.32 Å². The van der Waals surface area contributed by atoms with Gasteiger partial charge in [0.05, 0.1) is 22.4 Å². The number of fused-ring (bicyclic) bond motifs is 1. The number of rotatable bonds is 2. The largest absolute Gasteiger partial charge is 0.310 e. The second kappa shape index (κ2) is 6.58. The summed E-state index contributed by atoms with van der Waals surface area (Å²) in [6.45, 7) is 1.98. The lowest BCUT2D eigenvalue weighted by Crippen LogP contribution is -2.15. The Morgan fingerprint density at radius 1 is 1.20 bits per heavy atom. The van der Waals surface area contributed by atoms with Crippen molar-refractivity contribution >= 4 is 35.1 Å². The Labute approximate surface area is 155 Å². The molecule has 1 N–H and O–H groups in total. The van der Waals surface area contributed by atoms with E-state index in [-0.39, 0.29) is 11.2 Å². The van der Waals surface area contributed by atoms with E-state index in [9.17, 15) is 4.79 Å². The van der Waals surface area contributed by atoms with Crippen LogP contribution in [0.3, 0.4) is 0 Å². The van der Waals surface area contributed by atoms with Gasteiger partial charge in [-0.2, -0.15) is 5.10 Å². The van der Waals surface area contributed by atoms with Gasteiger partial charge in [-0.3, -0.25) is 4.79 Å². The fraction of sp³-hybridized carbons (Fsp3) is 0.158. The number of carbonyl (C=O) groups is 1. The van der Waals surface area contributed by atoms with Crippen molar-refractivity contribution in [1.29, 1.82) is 0 Å². The molecule has 0 fully saturated rings. The van der Waals surface area contributed by atoms with E-state index in [1.54, 1.807) is 11.8 Å². The number of para-hydroxylation sites is 1. The summed E-state index contributed by atoms with van der Waals surface area (Å²) >= 11 is 7.78. The Hall–Kier alpha value is -2.24. The van der Waals surface area contributed by atoms with Gasteiger partial charge in [0.15, 0.2) is 0 Å². The Kier molecular flexibility index (Phi) is 4.27. The van der Waals surface area contributed by atoms with Crippen molar-refractivity contribution in [2.24, 2.45) is 0 Å². The normalized spacial score (nSPS) is 16.9. The molecular weight excluding hydrogens is 354 g/mol. The average Bonchev–Trinajstić information content (AvgIpc) is 2.82. The minimum atomic E-state index is -0.0205. The number of benzene rings is 2. The zero-order valence-electron chi connectivity index (χ0n) is 13.6. The van der Waals surface area contributed by atoms with E-state index in [4.69, 9.17) is 16.7 Å². The Morgan fingerprint density at radius 2 is 2.00 bits per heavy atom. The second-order valence-electron chi connectivity index (χ2n) is 5.89. The number of anilines is 1. The van der Waals surface area contributed by atoms with Crippen molar-refractivity contribution in [2.75, 3.05) is 11.1 Å². The van der Waals surface area contributed by atoms with Crippen molar-refractivity contribution in [3.63, 3.8) is 0 Å². The number of aryl methyl sites for hydroxylation is 1. The predicted octanol–water partition coefficient (Wildman–Crippen LogP) is 4.61. The van der Waals surface area contributed by atoms with Gasteiger partial charge in [0.25, 0.3) is 0 Å². The summed E-state index contributed by atoms with van der Waals surface area (Å²) in [4.78, 5) is 12.3. The molecule has 1 unspecified atom stereocenters. The first-order valence-electron chi connectivity index (χ1n) is 7.95. The molecule has 0 saturated heterocycles. The van der Waals surface area contributed by atoms with E-state index in [0.717, 1.165) is 28.3 Å². The summed E-state index contributed by atoms with van der Waals surface area (Å²) in [5.74, 6) is 1.11. The number of hydrogen-bond acceptors (Lipinski definition) is 3. The zero-order valence-corrected chi connectivity index (χ0v) is 15.1. The molecule has 1 atom stereocenters. The molecule has 0 saturated carbocycles. The highest BCUT2D eigenvalue weighted by atomic mass is 35.5. The number of halogens is 1. The smallest absolute Gasteiger partial charge is 0.235 e. The van der Waals surface area contributed by atoms with Crippen molar-refractivity contribution < 1.29 is 4.79 Å². The Morgan fingerprint density at radius 3 is 2.76 bits per heavy atom. The Balaban J connectivity index is 1.90. The lowest BCUT2D eigenvalue weighted by atomic mass is 10.0. The number of amides is 1. The van der Waals surface area contributed by atoms with Crippen molar-refractivity contribution in [3.8, 4) is 5.69 Å². The van der Waals surface area contributed by atoms with Crippen LogP contribution in [0.1, 0.15) is 22.1 Å². The van der Waals surface area contributed by atoms with Crippen LogP contribution in [0.25, 0.3) is 5.69 Å². The summed E-state index contributed by atoms with van der Waals surface area (Å²) in [6.07, 6.45) is 0. The van der Waals surface area contributed by atoms with E-state index >= 15 is 0 Å². The lowest BCUT2D eigenvalue weighted by molar-refractivity contribution is -0.113. The van der Waals surface area contributed by atoms with Crippen LogP contribution in [0.4, 0.5) is 5.82 Å². The monoisotopic (exact) mass is 369 g/mol. The molecule has 1 aromatic heterocycles. The first kappa shape index (κ1) is 16.2. The molecule has 1 aliphatic heterocycles. The highest BCUT2D eigenvalue weighted by molar-refractivity contribution is 8.00. The van der Waals surface area contributed by atoms with Crippen LogP contribution < -0.4 is 5.32 Å². The topological polar surface area (TPSA) is 46.9 Å². The van der Waals surface area contributed by atoms with E-state index < -0.39 is 0 Å². The van der Waals surface area contributed by atoms with E-state index in [1.165, 1.54) is 0 Å². The molecular formula is C19H16ClN3OS. The molecule has 0 aliphatic carbocycles. The first-order valence-corrected chi connectivity index (χ1v) is 9.38. The molecule has 1 amide bonds. The quantitative estimate of drug-likeness (QED) is 0.717. The number of thioether (sulfide) groups is 1. The molecule has 3 aromatic rings. The van der Waals surface area contributed by atoms with E-state index in [2.05, 4.69) is 5.32 Å². The molecule has 2 heterocycles. The summed E-state index contributed by atoms with van der Waals surface area (Å²) in [7, 11) is 0. The highest BCUT2D eigenvalue weighted by Gasteiger charge is 2.30. The van der Waals surface area contributed by atoms with Gasteiger partial charge in [-0.1, -0.05) is 41.9 Å². The summed E-state index contributed by atoms with van der Waals surface area (Å²) in [5.41, 5.74) is 3.93. The maximum atomic E-state index is 12.3. The van der Waals surface area contributed by atoms with Crippen LogP contribution in [-0.2, 0) is 4.79 Å². The van der Waals surface area contributed by atoms with Crippen LogP contribution in [-0.4, -0.2) is 21.4 Å². The van der Waals surface area contributed by atoms with Crippen LogP contribution in [0.15, 0.2) is 54.6 Å². The van der Waals surface area contributed by atoms with E-state index in [1.807, 2.05) is 66.2 Å². The average molecular weight is 370 g/mol. The molecule has 1 aliphatic rings. The van der Waals surface area contributed by atoms with E-state index in [0.29, 0.717) is 10.8 Å². The third kappa shape index (κ3) is 3.05. The summed E-state index contributed by atoms with van der Waals surface area (Å²) in [5, 5.41) is 8.42. The second-order valence-corrected chi connectivity index (χ2v) is 7.42. The molecule has 0 bridgehead atoms. The SMILES string of the molecule is Cc1nn(-c2ccccc2)c2c1C(c1cccc(Cl)c1)SCC(=O)N2. The number of carbonyl (C=O) groups excluding carboxylic acids is 1. The highest BCUT2D eigenvalue weighted by Crippen LogP contribution is 2.44. The molecule has 2 aromatic carbocycles. The zero-order chi connectivity index (χ0) is 17.4. The standard InChI is InChI=1S/C19H16ClN3OS/c1-12-17-18(13-6-5-7-14(20)10-13)25-11-16(24)21-19(17)23(22-12)15-8-3-2-4-9-15/h2-10,18H,11H2,1H3,(H,21,24). The summed E-state index contributed by atoms with van der Waals surface area (Å²) in [6, 6.07) is 17.6. The minimum Gasteiger partial charge on any atom is -0.310 e. The number of aromatic nitrogens is 2. The maximum Gasteiger partial charge on any atom is 0.235 e. The number of nitrogens with zero attached hydrogens (tertiary/aromatic N) is 2. The molecule has 6 heteroatoms. The van der Waals surface area contributed by atoms with Crippen LogP contribution in [0.2, 0.25) is 5.02 Å². The van der Waals surface area contributed by atoms with Gasteiger partial charge in [-0.25, -0.2) is 4.68 Å². The van der Waals surface area contributed by atoms with Gasteiger partial charge in [0.2, 0.25) is 5.91 Å². The van der Waals surface area contributed by atoms with Gasteiger partial charge in [-0.15, -0.1) is 11.8 Å². The lowest BCUT2D eigenvalue weighted by Gasteiger charge is -2.15. The van der Waals surface area contributed by atoms with Crippen LogP contribution in [0.5, 0.6) is 0 Å². The molecule has 4 nitrogen and oxygen atoms in total. The fourth-order valence-electron chi connectivity index (χ4n) is 3.07. The van der Waals surface area contributed by atoms with Gasteiger partial charge in [-0.05, 0) is 36.8 Å². The number of nitrogens with one attached hydrogen (secondary N) is 1. The third-order valence-electron chi connectivity index (χ3n) is 4.16. The molecule has 4 rings (SSSR count). The van der Waals surface area contributed by atoms with Crippen molar-refractivity contribution in [1.82, 2.24) is 9.78 Å². The molecule has 0 radical (unpaired) electrons. The summed E-state index contributed by atoms with van der Waals surface area (Å²) < 4.78 is 1.81. The van der Waals surface area contributed by atoms with Crippen molar-refractivity contribution in [3.05, 3.63) is 76.4 Å².